The quantitative estimate of drug-likeness (QED) is 0.932. The molecule has 98 valence electrons. The molecule has 1 aromatic carbocycles. The van der Waals surface area contributed by atoms with Gasteiger partial charge in [0.25, 0.3) is 5.91 Å². The molecule has 1 fully saturated rings. The van der Waals surface area contributed by atoms with Gasteiger partial charge in [-0.1, -0.05) is 0 Å². The smallest absolute Gasteiger partial charge is 0.253 e. The summed E-state index contributed by atoms with van der Waals surface area (Å²) in [5.74, 6) is 0.546. The number of methoxy groups -OCH3 is 1. The normalized spacial score (nSPS) is 22.8. The van der Waals surface area contributed by atoms with E-state index in [0.29, 0.717) is 24.5 Å². The molecule has 1 aromatic rings. The van der Waals surface area contributed by atoms with Gasteiger partial charge in [0, 0.05) is 11.1 Å². The van der Waals surface area contributed by atoms with Crippen LogP contribution in [0.3, 0.4) is 0 Å². The molecule has 2 rings (SSSR count). The van der Waals surface area contributed by atoms with Gasteiger partial charge in [0.1, 0.15) is 5.75 Å². The second-order valence-electron chi connectivity index (χ2n) is 4.66. The van der Waals surface area contributed by atoms with E-state index in [4.69, 9.17) is 9.47 Å². The van der Waals surface area contributed by atoms with Crippen molar-refractivity contribution < 1.29 is 14.3 Å². The Labute approximate surface area is 115 Å². The largest absolute Gasteiger partial charge is 0.497 e. The van der Waals surface area contributed by atoms with Gasteiger partial charge in [0.15, 0.2) is 0 Å². The van der Waals surface area contributed by atoms with Gasteiger partial charge in [-0.15, -0.1) is 0 Å². The number of hydrogen-bond donors (Lipinski definition) is 1. The van der Waals surface area contributed by atoms with E-state index in [0.717, 1.165) is 10.9 Å². The Bertz CT molecular complexity index is 456. The van der Waals surface area contributed by atoms with Crippen molar-refractivity contribution in [1.29, 1.82) is 0 Å². The fraction of sp³-hybridized carbons (Fsp3) is 0.462. The standard InChI is InChI=1S/C13H16BrNO3/c1-13(5-6-18-8-13)15-12(16)10-7-9(17-2)3-4-11(10)14/h3-4,7H,5-6,8H2,1-2H3,(H,15,16). The molecule has 18 heavy (non-hydrogen) atoms. The number of hydrogen-bond acceptors (Lipinski definition) is 3. The first-order valence-corrected chi connectivity index (χ1v) is 6.57. The average Bonchev–Trinajstić information content (AvgIpc) is 2.76. The van der Waals surface area contributed by atoms with Crippen molar-refractivity contribution in [3.63, 3.8) is 0 Å². The zero-order chi connectivity index (χ0) is 13.2. The molecular weight excluding hydrogens is 298 g/mol. The molecule has 1 saturated heterocycles. The first-order chi connectivity index (χ1) is 8.54. The van der Waals surface area contributed by atoms with E-state index in [1.165, 1.54) is 0 Å². The Morgan fingerprint density at radius 3 is 2.94 bits per heavy atom. The van der Waals surface area contributed by atoms with Gasteiger partial charge in [0.2, 0.25) is 0 Å². The second-order valence-corrected chi connectivity index (χ2v) is 5.52. The molecule has 1 heterocycles. The third kappa shape index (κ3) is 2.84. The summed E-state index contributed by atoms with van der Waals surface area (Å²) < 4.78 is 11.2. The first-order valence-electron chi connectivity index (χ1n) is 5.78. The van der Waals surface area contributed by atoms with Gasteiger partial charge < -0.3 is 14.8 Å². The molecule has 4 nitrogen and oxygen atoms in total. The van der Waals surface area contributed by atoms with Crippen molar-refractivity contribution in [1.82, 2.24) is 5.32 Å². The van der Waals surface area contributed by atoms with Crippen LogP contribution in [-0.2, 0) is 4.74 Å². The number of carbonyl (C=O) groups is 1. The Balaban J connectivity index is 2.17. The molecule has 1 aliphatic heterocycles. The van der Waals surface area contributed by atoms with Crippen LogP contribution in [0.25, 0.3) is 0 Å². The van der Waals surface area contributed by atoms with Gasteiger partial charge in [-0.2, -0.15) is 0 Å². The predicted molar refractivity (Wildman–Crippen MR) is 72.0 cm³/mol. The monoisotopic (exact) mass is 313 g/mol. The Morgan fingerprint density at radius 1 is 1.56 bits per heavy atom. The van der Waals surface area contributed by atoms with Crippen molar-refractivity contribution >= 4 is 21.8 Å². The lowest BCUT2D eigenvalue weighted by molar-refractivity contribution is 0.0888. The molecular formula is C13H16BrNO3. The van der Waals surface area contributed by atoms with E-state index in [1.54, 1.807) is 25.3 Å². The molecule has 1 N–H and O–H groups in total. The molecule has 0 bridgehead atoms. The number of benzene rings is 1. The minimum Gasteiger partial charge on any atom is -0.497 e. The van der Waals surface area contributed by atoms with Crippen LogP contribution in [0.2, 0.25) is 0 Å². The van der Waals surface area contributed by atoms with Crippen molar-refractivity contribution in [2.24, 2.45) is 0 Å². The summed E-state index contributed by atoms with van der Waals surface area (Å²) in [7, 11) is 1.58. The highest BCUT2D eigenvalue weighted by Gasteiger charge is 2.31. The van der Waals surface area contributed by atoms with E-state index in [1.807, 2.05) is 6.92 Å². The average molecular weight is 314 g/mol. The summed E-state index contributed by atoms with van der Waals surface area (Å²) in [5.41, 5.74) is 0.294. The van der Waals surface area contributed by atoms with Crippen LogP contribution in [0, 0.1) is 0 Å². The summed E-state index contributed by atoms with van der Waals surface area (Å²) in [5, 5.41) is 3.01. The minimum absolute atomic E-state index is 0.117. The third-order valence-corrected chi connectivity index (χ3v) is 3.74. The SMILES string of the molecule is COc1ccc(Br)c(C(=O)NC2(C)CCOC2)c1. The summed E-state index contributed by atoms with van der Waals surface area (Å²) in [6.45, 7) is 3.24. The van der Waals surface area contributed by atoms with Crippen LogP contribution in [0.4, 0.5) is 0 Å². The van der Waals surface area contributed by atoms with Gasteiger partial charge in [0.05, 0.1) is 24.8 Å². The zero-order valence-electron chi connectivity index (χ0n) is 10.5. The molecule has 5 heteroatoms. The number of nitrogens with one attached hydrogen (secondary N) is 1. The van der Waals surface area contributed by atoms with Crippen LogP contribution in [0.1, 0.15) is 23.7 Å². The summed E-state index contributed by atoms with van der Waals surface area (Å²) in [6.07, 6.45) is 0.834. The number of ether oxygens (including phenoxy) is 2. The highest BCUT2D eigenvalue weighted by atomic mass is 79.9. The second kappa shape index (κ2) is 5.28. The maximum atomic E-state index is 12.2. The number of amides is 1. The molecule has 0 aliphatic carbocycles. The maximum Gasteiger partial charge on any atom is 0.253 e. The van der Waals surface area contributed by atoms with Crippen LogP contribution in [-0.4, -0.2) is 31.8 Å². The fourth-order valence-corrected chi connectivity index (χ4v) is 2.34. The highest BCUT2D eigenvalue weighted by molar-refractivity contribution is 9.10. The molecule has 1 amide bonds. The summed E-state index contributed by atoms with van der Waals surface area (Å²) in [4.78, 5) is 12.2. The minimum atomic E-state index is -0.278. The zero-order valence-corrected chi connectivity index (χ0v) is 12.0. The summed E-state index contributed by atoms with van der Waals surface area (Å²) >= 11 is 3.38. The Morgan fingerprint density at radius 2 is 2.33 bits per heavy atom. The third-order valence-electron chi connectivity index (χ3n) is 3.05. The van der Waals surface area contributed by atoms with Crippen LogP contribution >= 0.6 is 15.9 Å². The molecule has 0 spiro atoms. The van der Waals surface area contributed by atoms with Gasteiger partial charge in [-0.05, 0) is 47.5 Å². The van der Waals surface area contributed by atoms with E-state index in [2.05, 4.69) is 21.2 Å². The molecule has 0 saturated carbocycles. The molecule has 1 aliphatic rings. The molecule has 1 unspecified atom stereocenters. The van der Waals surface area contributed by atoms with Crippen molar-refractivity contribution in [2.45, 2.75) is 18.9 Å². The Kier molecular flexibility index (Phi) is 3.92. The van der Waals surface area contributed by atoms with E-state index in [9.17, 15) is 4.79 Å². The topological polar surface area (TPSA) is 47.6 Å². The van der Waals surface area contributed by atoms with E-state index >= 15 is 0 Å². The van der Waals surface area contributed by atoms with Crippen LogP contribution in [0.15, 0.2) is 22.7 Å². The number of carbonyl (C=O) groups excluding carboxylic acids is 1. The molecule has 1 atom stereocenters. The van der Waals surface area contributed by atoms with Crippen molar-refractivity contribution in [3.05, 3.63) is 28.2 Å². The van der Waals surface area contributed by atoms with Crippen molar-refractivity contribution in [3.8, 4) is 5.75 Å². The molecule has 0 radical (unpaired) electrons. The van der Waals surface area contributed by atoms with Crippen molar-refractivity contribution in [2.75, 3.05) is 20.3 Å². The predicted octanol–water partition coefficient (Wildman–Crippen LogP) is 2.37. The lowest BCUT2D eigenvalue weighted by Gasteiger charge is -2.23. The molecule has 0 aromatic heterocycles. The van der Waals surface area contributed by atoms with E-state index < -0.39 is 0 Å². The fourth-order valence-electron chi connectivity index (χ4n) is 1.91. The summed E-state index contributed by atoms with van der Waals surface area (Å²) in [6, 6.07) is 5.33. The number of rotatable bonds is 3. The highest BCUT2D eigenvalue weighted by Crippen LogP contribution is 2.24. The van der Waals surface area contributed by atoms with Crippen LogP contribution in [0.5, 0.6) is 5.75 Å². The maximum absolute atomic E-state index is 12.2. The lowest BCUT2D eigenvalue weighted by Crippen LogP contribution is -2.46. The van der Waals surface area contributed by atoms with Crippen LogP contribution < -0.4 is 10.1 Å². The van der Waals surface area contributed by atoms with Gasteiger partial charge >= 0.3 is 0 Å². The number of halogens is 1. The lowest BCUT2D eigenvalue weighted by atomic mass is 10.0. The van der Waals surface area contributed by atoms with E-state index in [-0.39, 0.29) is 11.4 Å². The van der Waals surface area contributed by atoms with Gasteiger partial charge in [-0.3, -0.25) is 4.79 Å². The van der Waals surface area contributed by atoms with Gasteiger partial charge in [-0.25, -0.2) is 0 Å². The Hall–Kier alpha value is -1.07. The first kappa shape index (κ1) is 13.4.